The Bertz CT molecular complexity index is 822. The molecule has 154 valence electrons. The second-order valence-electron chi connectivity index (χ2n) is 8.08. The maximum Gasteiger partial charge on any atom is 0.241 e. The van der Waals surface area contributed by atoms with Crippen molar-refractivity contribution < 1.29 is 9.32 Å². The number of amides is 1. The summed E-state index contributed by atoms with van der Waals surface area (Å²) in [6.07, 6.45) is 10.1. The first kappa shape index (κ1) is 19.8. The van der Waals surface area contributed by atoms with Crippen LogP contribution in [0.2, 0.25) is 0 Å². The largest absolute Gasteiger partial charge is 0.356 e. The second-order valence-corrected chi connectivity index (χ2v) is 8.08. The lowest BCUT2D eigenvalue weighted by Gasteiger charge is -2.30. The number of rotatable bonds is 7. The third kappa shape index (κ3) is 5.54. The number of aromatic nitrogens is 2. The zero-order valence-electron chi connectivity index (χ0n) is 17.0. The first-order valence-corrected chi connectivity index (χ1v) is 10.8. The van der Waals surface area contributed by atoms with Gasteiger partial charge in [0.1, 0.15) is 0 Å². The van der Waals surface area contributed by atoms with Gasteiger partial charge >= 0.3 is 0 Å². The number of carbonyl (C=O) groups is 1. The third-order valence-electron chi connectivity index (χ3n) is 5.95. The van der Waals surface area contributed by atoms with Crippen molar-refractivity contribution in [2.45, 2.75) is 51.5 Å². The van der Waals surface area contributed by atoms with E-state index in [0.29, 0.717) is 18.3 Å². The molecule has 4 rings (SSSR count). The number of nitrogens with one attached hydrogen (secondary N) is 1. The van der Waals surface area contributed by atoms with E-state index in [2.05, 4.69) is 26.4 Å². The summed E-state index contributed by atoms with van der Waals surface area (Å²) in [5, 5.41) is 7.23. The van der Waals surface area contributed by atoms with Crippen molar-refractivity contribution >= 4 is 5.91 Å². The molecule has 1 fully saturated rings. The summed E-state index contributed by atoms with van der Waals surface area (Å²) in [4.78, 5) is 19.3. The number of piperidine rings is 1. The van der Waals surface area contributed by atoms with Crippen LogP contribution in [0.3, 0.4) is 0 Å². The van der Waals surface area contributed by atoms with Crippen molar-refractivity contribution in [1.82, 2.24) is 20.4 Å². The van der Waals surface area contributed by atoms with Crippen LogP contribution in [0.1, 0.15) is 50.8 Å². The van der Waals surface area contributed by atoms with Crippen molar-refractivity contribution in [3.8, 4) is 11.4 Å². The van der Waals surface area contributed by atoms with Gasteiger partial charge in [0.2, 0.25) is 17.6 Å². The van der Waals surface area contributed by atoms with Crippen LogP contribution in [0, 0.1) is 5.92 Å². The van der Waals surface area contributed by atoms with Gasteiger partial charge in [0.25, 0.3) is 0 Å². The fourth-order valence-electron chi connectivity index (χ4n) is 4.19. The van der Waals surface area contributed by atoms with Gasteiger partial charge in [-0.25, -0.2) is 0 Å². The van der Waals surface area contributed by atoms with Gasteiger partial charge in [-0.3, -0.25) is 9.69 Å². The summed E-state index contributed by atoms with van der Waals surface area (Å²) in [5.41, 5.74) is 2.47. The molecule has 2 aliphatic rings. The lowest BCUT2D eigenvalue weighted by molar-refractivity contribution is -0.126. The Morgan fingerprint density at radius 1 is 1.17 bits per heavy atom. The van der Waals surface area contributed by atoms with E-state index in [4.69, 9.17) is 4.52 Å². The number of benzene rings is 1. The molecule has 1 saturated heterocycles. The van der Waals surface area contributed by atoms with Gasteiger partial charge in [-0.15, -0.1) is 0 Å². The molecule has 29 heavy (non-hydrogen) atoms. The van der Waals surface area contributed by atoms with Gasteiger partial charge in [-0.05, 0) is 58.0 Å². The Kier molecular flexibility index (Phi) is 6.72. The van der Waals surface area contributed by atoms with E-state index in [1.807, 2.05) is 30.3 Å². The highest BCUT2D eigenvalue weighted by molar-refractivity contribution is 5.78. The molecule has 6 nitrogen and oxygen atoms in total. The van der Waals surface area contributed by atoms with Crippen LogP contribution in [0.4, 0.5) is 0 Å². The zero-order valence-corrected chi connectivity index (χ0v) is 17.0. The molecule has 1 N–H and O–H groups in total. The normalized spacial score (nSPS) is 18.4. The van der Waals surface area contributed by atoms with Crippen LogP contribution < -0.4 is 5.32 Å². The molecular weight excluding hydrogens is 364 g/mol. The molecule has 6 heteroatoms. The van der Waals surface area contributed by atoms with Gasteiger partial charge < -0.3 is 9.84 Å². The Hall–Kier alpha value is -2.47. The second kappa shape index (κ2) is 9.83. The summed E-state index contributed by atoms with van der Waals surface area (Å²) in [7, 11) is 0. The van der Waals surface area contributed by atoms with Gasteiger partial charge in [0.05, 0.1) is 6.54 Å². The molecule has 0 atom stereocenters. The van der Waals surface area contributed by atoms with E-state index < -0.39 is 0 Å². The standard InChI is InChI=1S/C23H30N4O2/c28-23(24-14-11-18-7-3-1-4-8-18)20-12-15-27(16-13-20)17-21-25-22(26-29-21)19-9-5-2-6-10-19/h2,5-7,9-10,20H,1,3-4,8,11-17H2,(H,24,28). The van der Waals surface area contributed by atoms with Crippen LogP contribution in [0.25, 0.3) is 11.4 Å². The highest BCUT2D eigenvalue weighted by Gasteiger charge is 2.25. The fourth-order valence-corrected chi connectivity index (χ4v) is 4.19. The first-order valence-electron chi connectivity index (χ1n) is 10.8. The Morgan fingerprint density at radius 2 is 2.00 bits per heavy atom. The molecular formula is C23H30N4O2. The van der Waals surface area contributed by atoms with E-state index in [-0.39, 0.29) is 11.8 Å². The summed E-state index contributed by atoms with van der Waals surface area (Å²) in [5.74, 6) is 1.59. The predicted molar refractivity (Wildman–Crippen MR) is 112 cm³/mol. The molecule has 2 heterocycles. The number of hydrogen-bond donors (Lipinski definition) is 1. The van der Waals surface area contributed by atoms with Gasteiger partial charge in [-0.2, -0.15) is 4.98 Å². The van der Waals surface area contributed by atoms with Gasteiger partial charge in [0, 0.05) is 18.0 Å². The molecule has 1 aliphatic heterocycles. The van der Waals surface area contributed by atoms with E-state index in [1.165, 1.54) is 31.3 Å². The molecule has 1 aromatic heterocycles. The number of likely N-dealkylation sites (tertiary alicyclic amines) is 1. The lowest BCUT2D eigenvalue weighted by atomic mass is 9.95. The minimum absolute atomic E-state index is 0.120. The SMILES string of the molecule is O=C(NCCC1=CCCCC1)C1CCN(Cc2nc(-c3ccccc3)no2)CC1. The Labute approximate surface area is 172 Å². The highest BCUT2D eigenvalue weighted by atomic mass is 16.5. The summed E-state index contributed by atoms with van der Waals surface area (Å²) < 4.78 is 5.42. The van der Waals surface area contributed by atoms with Crippen LogP contribution in [-0.4, -0.2) is 40.6 Å². The minimum atomic E-state index is 0.120. The zero-order chi connectivity index (χ0) is 19.9. The summed E-state index contributed by atoms with van der Waals surface area (Å²) >= 11 is 0. The van der Waals surface area contributed by atoms with Crippen molar-refractivity contribution in [2.75, 3.05) is 19.6 Å². The van der Waals surface area contributed by atoms with Crippen molar-refractivity contribution in [2.24, 2.45) is 5.92 Å². The van der Waals surface area contributed by atoms with Gasteiger partial charge in [0.15, 0.2) is 0 Å². The van der Waals surface area contributed by atoms with Crippen molar-refractivity contribution in [3.63, 3.8) is 0 Å². The van der Waals surface area contributed by atoms with Crippen molar-refractivity contribution in [3.05, 3.63) is 47.9 Å². The smallest absolute Gasteiger partial charge is 0.241 e. The highest BCUT2D eigenvalue weighted by Crippen LogP contribution is 2.22. The van der Waals surface area contributed by atoms with Crippen LogP contribution in [0.5, 0.6) is 0 Å². The topological polar surface area (TPSA) is 71.3 Å². The minimum Gasteiger partial charge on any atom is -0.356 e. The number of hydrogen-bond acceptors (Lipinski definition) is 5. The monoisotopic (exact) mass is 394 g/mol. The third-order valence-corrected chi connectivity index (χ3v) is 5.95. The van der Waals surface area contributed by atoms with Crippen LogP contribution in [-0.2, 0) is 11.3 Å². The molecule has 2 aromatic rings. The molecule has 1 aromatic carbocycles. The van der Waals surface area contributed by atoms with E-state index in [9.17, 15) is 4.79 Å². The van der Waals surface area contributed by atoms with E-state index in [0.717, 1.165) is 44.5 Å². The summed E-state index contributed by atoms with van der Waals surface area (Å²) in [6, 6.07) is 9.85. The molecule has 1 amide bonds. The predicted octanol–water partition coefficient (Wildman–Crippen LogP) is 3.96. The molecule has 0 saturated carbocycles. The van der Waals surface area contributed by atoms with Gasteiger partial charge in [-0.1, -0.05) is 47.1 Å². The number of allylic oxidation sites excluding steroid dienone is 1. The molecule has 0 spiro atoms. The first-order chi connectivity index (χ1) is 14.3. The maximum atomic E-state index is 12.5. The van der Waals surface area contributed by atoms with E-state index >= 15 is 0 Å². The Morgan fingerprint density at radius 3 is 2.76 bits per heavy atom. The molecule has 0 radical (unpaired) electrons. The average molecular weight is 395 g/mol. The summed E-state index contributed by atoms with van der Waals surface area (Å²) in [6.45, 7) is 3.18. The molecule has 1 aliphatic carbocycles. The number of nitrogens with zero attached hydrogens (tertiary/aromatic N) is 3. The van der Waals surface area contributed by atoms with Crippen molar-refractivity contribution in [1.29, 1.82) is 0 Å². The molecule has 0 bridgehead atoms. The van der Waals surface area contributed by atoms with Crippen LogP contribution >= 0.6 is 0 Å². The quantitative estimate of drug-likeness (QED) is 0.720. The fraction of sp³-hybridized carbons (Fsp3) is 0.522. The maximum absolute atomic E-state index is 12.5. The molecule has 0 unspecified atom stereocenters. The average Bonchev–Trinajstić information content (AvgIpc) is 3.24. The lowest BCUT2D eigenvalue weighted by Crippen LogP contribution is -2.40. The van der Waals surface area contributed by atoms with E-state index in [1.54, 1.807) is 0 Å². The van der Waals surface area contributed by atoms with Crippen LogP contribution in [0.15, 0.2) is 46.5 Å². The Balaban J connectivity index is 1.19. The number of carbonyl (C=O) groups excluding carboxylic acids is 1.